The van der Waals surface area contributed by atoms with Crippen molar-refractivity contribution >= 4 is 0 Å². The van der Waals surface area contributed by atoms with E-state index in [0.29, 0.717) is 6.04 Å². The number of aromatic nitrogens is 2. The molecule has 4 heteroatoms. The maximum Gasteiger partial charge on any atom is 0.235 e. The van der Waals surface area contributed by atoms with Crippen LogP contribution in [0.15, 0.2) is 0 Å². The molecule has 0 amide bonds. The van der Waals surface area contributed by atoms with E-state index in [4.69, 9.17) is 4.74 Å². The lowest BCUT2D eigenvalue weighted by Gasteiger charge is -2.09. The average Bonchev–Trinajstić information content (AvgIpc) is 2.79. The summed E-state index contributed by atoms with van der Waals surface area (Å²) in [5, 5.41) is 10.5. The highest BCUT2D eigenvalue weighted by Crippen LogP contribution is 2.22. The van der Waals surface area contributed by atoms with Crippen LogP contribution in [0.3, 0.4) is 0 Å². The molecule has 78 valence electrons. The third-order valence-corrected chi connectivity index (χ3v) is 2.84. The molecule has 1 fully saturated rings. The Bertz CT molecular complexity index is 302. The predicted octanol–water partition coefficient (Wildman–Crippen LogP) is 1.02. The number of nitrogens with zero attached hydrogens (tertiary/aromatic N) is 1. The molecule has 1 aliphatic heterocycles. The summed E-state index contributed by atoms with van der Waals surface area (Å²) in [5.41, 5.74) is 2.34. The van der Waals surface area contributed by atoms with Gasteiger partial charge in [-0.1, -0.05) is 0 Å². The van der Waals surface area contributed by atoms with Crippen LogP contribution >= 0.6 is 0 Å². The third kappa shape index (κ3) is 1.75. The van der Waals surface area contributed by atoms with E-state index in [1.165, 1.54) is 18.4 Å². The van der Waals surface area contributed by atoms with Crippen LogP contribution in [0.4, 0.5) is 0 Å². The first-order valence-corrected chi connectivity index (χ1v) is 5.12. The quantitative estimate of drug-likeness (QED) is 0.757. The maximum absolute atomic E-state index is 5.21. The monoisotopic (exact) mass is 195 g/mol. The summed E-state index contributed by atoms with van der Waals surface area (Å²) in [4.78, 5) is 0. The summed E-state index contributed by atoms with van der Waals surface area (Å²) < 4.78 is 5.21. The number of hydrogen-bond donors (Lipinski definition) is 2. The Hall–Kier alpha value is -1.03. The number of hydrogen-bond acceptors (Lipinski definition) is 3. The molecule has 0 radical (unpaired) electrons. The van der Waals surface area contributed by atoms with Gasteiger partial charge in [0.05, 0.1) is 7.11 Å². The summed E-state index contributed by atoms with van der Waals surface area (Å²) in [6, 6.07) is 0.597. The molecular weight excluding hydrogens is 178 g/mol. The maximum atomic E-state index is 5.21. The first kappa shape index (κ1) is 9.52. The molecule has 2 rings (SSSR count). The van der Waals surface area contributed by atoms with Gasteiger partial charge in [0.15, 0.2) is 0 Å². The van der Waals surface area contributed by atoms with Crippen molar-refractivity contribution in [3.05, 3.63) is 11.3 Å². The molecular formula is C10H17N3O. The van der Waals surface area contributed by atoms with Crippen molar-refractivity contribution in [3.8, 4) is 5.88 Å². The predicted molar refractivity (Wildman–Crippen MR) is 54.6 cm³/mol. The van der Waals surface area contributed by atoms with E-state index in [1.807, 2.05) is 6.92 Å². The van der Waals surface area contributed by atoms with Gasteiger partial charge in [-0.25, -0.2) is 0 Å². The zero-order valence-corrected chi connectivity index (χ0v) is 8.76. The smallest absolute Gasteiger partial charge is 0.235 e. The van der Waals surface area contributed by atoms with Crippen molar-refractivity contribution < 1.29 is 4.74 Å². The molecule has 0 aromatic carbocycles. The van der Waals surface area contributed by atoms with Crippen LogP contribution in [0, 0.1) is 6.92 Å². The summed E-state index contributed by atoms with van der Waals surface area (Å²) >= 11 is 0. The summed E-state index contributed by atoms with van der Waals surface area (Å²) in [6.07, 6.45) is 3.56. The average molecular weight is 195 g/mol. The summed E-state index contributed by atoms with van der Waals surface area (Å²) in [6.45, 7) is 3.18. The van der Waals surface area contributed by atoms with Crippen molar-refractivity contribution in [2.75, 3.05) is 13.7 Å². The highest BCUT2D eigenvalue weighted by molar-refractivity contribution is 5.30. The minimum Gasteiger partial charge on any atom is -0.480 e. The molecule has 0 saturated carbocycles. The van der Waals surface area contributed by atoms with Crippen LogP contribution in [-0.2, 0) is 6.42 Å². The molecule has 1 atom stereocenters. The van der Waals surface area contributed by atoms with E-state index in [9.17, 15) is 0 Å². The van der Waals surface area contributed by atoms with E-state index < -0.39 is 0 Å². The summed E-state index contributed by atoms with van der Waals surface area (Å²) in [7, 11) is 1.67. The number of methoxy groups -OCH3 is 1. The van der Waals surface area contributed by atoms with Gasteiger partial charge in [0.25, 0.3) is 0 Å². The number of nitrogens with one attached hydrogen (secondary N) is 2. The molecule has 1 saturated heterocycles. The number of ether oxygens (including phenoxy) is 1. The first-order chi connectivity index (χ1) is 6.81. The van der Waals surface area contributed by atoms with E-state index >= 15 is 0 Å². The second-order valence-electron chi connectivity index (χ2n) is 3.83. The van der Waals surface area contributed by atoms with E-state index in [2.05, 4.69) is 15.5 Å². The molecule has 1 aliphatic rings. The Labute approximate surface area is 84.0 Å². The lowest BCUT2D eigenvalue weighted by molar-refractivity contribution is 0.390. The van der Waals surface area contributed by atoms with Gasteiger partial charge in [0, 0.05) is 17.3 Å². The highest BCUT2D eigenvalue weighted by atomic mass is 16.5. The Morgan fingerprint density at radius 2 is 2.43 bits per heavy atom. The fourth-order valence-corrected chi connectivity index (χ4v) is 2.02. The van der Waals surface area contributed by atoms with Crippen molar-refractivity contribution in [2.24, 2.45) is 0 Å². The van der Waals surface area contributed by atoms with Crippen molar-refractivity contribution in [1.29, 1.82) is 0 Å². The third-order valence-electron chi connectivity index (χ3n) is 2.84. The summed E-state index contributed by atoms with van der Waals surface area (Å²) in [5.74, 6) is 0.746. The SMILES string of the molecule is COc1n[nH]c(C)c1CC1CCCN1. The van der Waals surface area contributed by atoms with Gasteiger partial charge in [-0.3, -0.25) is 5.10 Å². The topological polar surface area (TPSA) is 49.9 Å². The first-order valence-electron chi connectivity index (χ1n) is 5.12. The number of aryl methyl sites for hydroxylation is 1. The zero-order chi connectivity index (χ0) is 9.97. The Kier molecular flexibility index (Phi) is 2.72. The zero-order valence-electron chi connectivity index (χ0n) is 8.76. The minimum atomic E-state index is 0.597. The minimum absolute atomic E-state index is 0.597. The van der Waals surface area contributed by atoms with Crippen LogP contribution in [0.1, 0.15) is 24.1 Å². The Balaban J connectivity index is 2.09. The molecule has 0 spiro atoms. The van der Waals surface area contributed by atoms with Gasteiger partial charge in [0.2, 0.25) is 5.88 Å². The van der Waals surface area contributed by atoms with Gasteiger partial charge in [0.1, 0.15) is 0 Å². The lowest BCUT2D eigenvalue weighted by Crippen LogP contribution is -2.23. The number of aromatic amines is 1. The van der Waals surface area contributed by atoms with Crippen molar-refractivity contribution in [2.45, 2.75) is 32.2 Å². The van der Waals surface area contributed by atoms with Gasteiger partial charge >= 0.3 is 0 Å². The van der Waals surface area contributed by atoms with Gasteiger partial charge in [-0.15, -0.1) is 5.10 Å². The number of H-pyrrole nitrogens is 1. The highest BCUT2D eigenvalue weighted by Gasteiger charge is 2.19. The molecule has 1 aromatic heterocycles. The molecule has 0 bridgehead atoms. The molecule has 14 heavy (non-hydrogen) atoms. The van der Waals surface area contributed by atoms with Crippen molar-refractivity contribution in [1.82, 2.24) is 15.5 Å². The van der Waals surface area contributed by atoms with Crippen molar-refractivity contribution in [3.63, 3.8) is 0 Å². The molecule has 2 heterocycles. The van der Waals surface area contributed by atoms with Crippen LogP contribution in [0.2, 0.25) is 0 Å². The second kappa shape index (κ2) is 4.00. The molecule has 4 nitrogen and oxygen atoms in total. The van der Waals surface area contributed by atoms with Gasteiger partial charge < -0.3 is 10.1 Å². The van der Waals surface area contributed by atoms with Gasteiger partial charge in [-0.2, -0.15) is 0 Å². The molecule has 1 unspecified atom stereocenters. The lowest BCUT2D eigenvalue weighted by atomic mass is 10.1. The molecule has 0 aliphatic carbocycles. The second-order valence-corrected chi connectivity index (χ2v) is 3.83. The Morgan fingerprint density at radius 1 is 1.57 bits per heavy atom. The molecule has 2 N–H and O–H groups in total. The van der Waals surface area contributed by atoms with E-state index in [0.717, 1.165) is 24.5 Å². The standard InChI is InChI=1S/C10H17N3O/c1-7-9(10(14-2)13-12-7)6-8-4-3-5-11-8/h8,11H,3-6H2,1-2H3,(H,12,13). The Morgan fingerprint density at radius 3 is 3.07 bits per heavy atom. The van der Waals surface area contributed by atoms with Gasteiger partial charge in [-0.05, 0) is 32.7 Å². The molecule has 1 aromatic rings. The van der Waals surface area contributed by atoms with Crippen LogP contribution in [0.25, 0.3) is 0 Å². The fourth-order valence-electron chi connectivity index (χ4n) is 2.02. The van der Waals surface area contributed by atoms with Crippen LogP contribution in [0.5, 0.6) is 5.88 Å². The largest absolute Gasteiger partial charge is 0.480 e. The normalized spacial score (nSPS) is 21.4. The van der Waals surface area contributed by atoms with E-state index in [-0.39, 0.29) is 0 Å². The fraction of sp³-hybridized carbons (Fsp3) is 0.700. The van der Waals surface area contributed by atoms with E-state index in [1.54, 1.807) is 7.11 Å². The van der Waals surface area contributed by atoms with Crippen LogP contribution < -0.4 is 10.1 Å². The number of rotatable bonds is 3. The van der Waals surface area contributed by atoms with Crippen LogP contribution in [-0.4, -0.2) is 29.9 Å².